The van der Waals surface area contributed by atoms with Crippen molar-refractivity contribution >= 4 is 5.78 Å². The molecular weight excluding hydrogens is 246 g/mol. The molecule has 1 aromatic rings. The van der Waals surface area contributed by atoms with Crippen LogP contribution in [-0.2, 0) is 0 Å². The number of unbranched alkanes of at least 4 members (excludes halogenated alkanes) is 1. The van der Waals surface area contributed by atoms with Gasteiger partial charge < -0.3 is 10.3 Å². The van der Waals surface area contributed by atoms with Gasteiger partial charge in [-0.2, -0.15) is 4.73 Å². The Balaban J connectivity index is 3.17. The van der Waals surface area contributed by atoms with Gasteiger partial charge in [0.1, 0.15) is 5.69 Å². The summed E-state index contributed by atoms with van der Waals surface area (Å²) in [6.45, 7) is 5.79. The molecule has 0 aliphatic carbocycles. The van der Waals surface area contributed by atoms with Crippen LogP contribution in [0.1, 0.15) is 56.9 Å². The number of pyridine rings is 1. The second-order valence-electron chi connectivity index (χ2n) is 5.10. The van der Waals surface area contributed by atoms with Crippen molar-refractivity contribution in [3.8, 4) is 5.75 Å². The second-order valence-corrected chi connectivity index (χ2v) is 5.10. The molecule has 5 heteroatoms. The number of aromatic nitrogens is 1. The summed E-state index contributed by atoms with van der Waals surface area (Å²) in [4.78, 5) is 23.9. The molecular formula is C14H21NO4. The van der Waals surface area contributed by atoms with Gasteiger partial charge in [-0.05, 0) is 12.8 Å². The molecule has 1 heterocycles. The van der Waals surface area contributed by atoms with Crippen LogP contribution in [0.2, 0.25) is 0 Å². The van der Waals surface area contributed by atoms with Crippen LogP contribution in [0.5, 0.6) is 5.75 Å². The van der Waals surface area contributed by atoms with Crippen molar-refractivity contribution in [3.05, 3.63) is 28.2 Å². The van der Waals surface area contributed by atoms with Crippen molar-refractivity contribution in [2.24, 2.45) is 5.41 Å². The van der Waals surface area contributed by atoms with E-state index in [9.17, 15) is 19.9 Å². The molecule has 0 aliphatic rings. The highest BCUT2D eigenvalue weighted by Gasteiger charge is 2.33. The number of ketones is 1. The van der Waals surface area contributed by atoms with E-state index in [0.717, 1.165) is 25.1 Å². The fraction of sp³-hybridized carbons (Fsp3) is 0.571. The Morgan fingerprint density at radius 1 is 1.42 bits per heavy atom. The molecule has 106 valence electrons. The molecule has 0 amide bonds. The highest BCUT2D eigenvalue weighted by atomic mass is 16.5. The zero-order chi connectivity index (χ0) is 14.6. The van der Waals surface area contributed by atoms with E-state index in [4.69, 9.17) is 0 Å². The SMILES string of the molecule is CCCCC(C)(CC)C(=O)c1cc(=O)c(O)cn1O. The second kappa shape index (κ2) is 5.91. The fourth-order valence-corrected chi connectivity index (χ4v) is 2.01. The molecule has 1 atom stereocenters. The minimum absolute atomic E-state index is 0.0803. The Hall–Kier alpha value is -1.78. The highest BCUT2D eigenvalue weighted by molar-refractivity contribution is 5.98. The Morgan fingerprint density at radius 2 is 2.05 bits per heavy atom. The maximum Gasteiger partial charge on any atom is 0.224 e. The molecule has 1 rings (SSSR count). The third-order valence-electron chi connectivity index (χ3n) is 3.65. The Morgan fingerprint density at radius 3 is 2.58 bits per heavy atom. The van der Waals surface area contributed by atoms with Gasteiger partial charge in [-0.15, -0.1) is 0 Å². The summed E-state index contributed by atoms with van der Waals surface area (Å²) in [6.07, 6.45) is 4.06. The van der Waals surface area contributed by atoms with Gasteiger partial charge in [-0.1, -0.05) is 33.6 Å². The average Bonchev–Trinajstić information content (AvgIpc) is 2.39. The minimum atomic E-state index is -0.664. The van der Waals surface area contributed by atoms with Crippen molar-refractivity contribution in [1.29, 1.82) is 0 Å². The molecule has 0 spiro atoms. The highest BCUT2D eigenvalue weighted by Crippen LogP contribution is 2.32. The topological polar surface area (TPSA) is 79.5 Å². The van der Waals surface area contributed by atoms with E-state index < -0.39 is 16.6 Å². The molecule has 1 aromatic heterocycles. The van der Waals surface area contributed by atoms with Crippen LogP contribution in [0, 0.1) is 5.41 Å². The summed E-state index contributed by atoms with van der Waals surface area (Å²) in [7, 11) is 0. The van der Waals surface area contributed by atoms with Crippen LogP contribution in [0.15, 0.2) is 17.1 Å². The lowest BCUT2D eigenvalue weighted by Gasteiger charge is -2.26. The van der Waals surface area contributed by atoms with Crippen molar-refractivity contribution < 1.29 is 15.1 Å². The van der Waals surface area contributed by atoms with Crippen molar-refractivity contribution in [2.45, 2.75) is 46.5 Å². The number of hydrogen-bond acceptors (Lipinski definition) is 4. The van der Waals surface area contributed by atoms with E-state index in [1.807, 2.05) is 20.8 Å². The molecule has 0 aliphatic heterocycles. The lowest BCUT2D eigenvalue weighted by molar-refractivity contribution is 0.0735. The lowest BCUT2D eigenvalue weighted by Crippen LogP contribution is -2.30. The number of nitrogens with zero attached hydrogens (tertiary/aromatic N) is 1. The molecule has 0 saturated carbocycles. The number of rotatable bonds is 6. The van der Waals surface area contributed by atoms with E-state index in [1.165, 1.54) is 0 Å². The van der Waals surface area contributed by atoms with Gasteiger partial charge in [0.15, 0.2) is 11.5 Å². The number of carbonyl (C=O) groups is 1. The Labute approximate surface area is 112 Å². The molecule has 5 nitrogen and oxygen atoms in total. The van der Waals surface area contributed by atoms with Crippen LogP contribution >= 0.6 is 0 Å². The number of hydrogen-bond donors (Lipinski definition) is 2. The van der Waals surface area contributed by atoms with Gasteiger partial charge in [-0.3, -0.25) is 9.59 Å². The fourth-order valence-electron chi connectivity index (χ4n) is 2.01. The minimum Gasteiger partial charge on any atom is -0.503 e. The van der Waals surface area contributed by atoms with Crippen LogP contribution in [0.25, 0.3) is 0 Å². The summed E-state index contributed by atoms with van der Waals surface area (Å²) in [5.74, 6) is -0.853. The van der Waals surface area contributed by atoms with Gasteiger partial charge in [0.25, 0.3) is 0 Å². The summed E-state index contributed by atoms with van der Waals surface area (Å²) in [6, 6.07) is 0.984. The predicted molar refractivity (Wildman–Crippen MR) is 71.8 cm³/mol. The lowest BCUT2D eigenvalue weighted by atomic mass is 9.77. The van der Waals surface area contributed by atoms with Crippen molar-refractivity contribution in [2.75, 3.05) is 0 Å². The molecule has 1 unspecified atom stereocenters. The van der Waals surface area contributed by atoms with E-state index in [-0.39, 0.29) is 11.5 Å². The quantitative estimate of drug-likeness (QED) is 0.613. The maximum absolute atomic E-state index is 12.5. The first-order valence-electron chi connectivity index (χ1n) is 6.55. The summed E-state index contributed by atoms with van der Waals surface area (Å²) < 4.78 is 0.527. The van der Waals surface area contributed by atoms with Crippen molar-refractivity contribution in [1.82, 2.24) is 4.73 Å². The molecule has 0 aromatic carbocycles. The van der Waals surface area contributed by atoms with Gasteiger partial charge in [0.2, 0.25) is 5.43 Å². The number of Topliss-reactive ketones (excluding diaryl/α,β-unsaturated/α-hetero) is 1. The van der Waals surface area contributed by atoms with Crippen molar-refractivity contribution in [3.63, 3.8) is 0 Å². The number of carbonyl (C=O) groups excluding carboxylic acids is 1. The smallest absolute Gasteiger partial charge is 0.224 e. The largest absolute Gasteiger partial charge is 0.503 e. The molecule has 0 radical (unpaired) electrons. The monoisotopic (exact) mass is 267 g/mol. The first kappa shape index (κ1) is 15.3. The molecule has 19 heavy (non-hydrogen) atoms. The summed E-state index contributed by atoms with van der Waals surface area (Å²) >= 11 is 0. The zero-order valence-electron chi connectivity index (χ0n) is 11.6. The Kier molecular flexibility index (Phi) is 4.75. The summed E-state index contributed by atoms with van der Waals surface area (Å²) in [5.41, 5.74) is -1.35. The summed E-state index contributed by atoms with van der Waals surface area (Å²) in [5, 5.41) is 18.9. The first-order valence-corrected chi connectivity index (χ1v) is 6.55. The molecule has 2 N–H and O–H groups in total. The normalized spacial score (nSPS) is 14.1. The van der Waals surface area contributed by atoms with E-state index in [1.54, 1.807) is 0 Å². The van der Waals surface area contributed by atoms with Gasteiger partial charge in [0.05, 0.1) is 6.20 Å². The predicted octanol–water partition coefficient (Wildman–Crippen LogP) is 2.58. The third-order valence-corrected chi connectivity index (χ3v) is 3.65. The maximum atomic E-state index is 12.5. The average molecular weight is 267 g/mol. The van der Waals surface area contributed by atoms with Crippen LogP contribution < -0.4 is 5.43 Å². The molecule has 0 fully saturated rings. The van der Waals surface area contributed by atoms with E-state index in [2.05, 4.69) is 0 Å². The van der Waals surface area contributed by atoms with Crippen LogP contribution in [0.3, 0.4) is 0 Å². The third kappa shape index (κ3) is 3.16. The van der Waals surface area contributed by atoms with Crippen LogP contribution in [-0.4, -0.2) is 20.8 Å². The molecule has 0 saturated heterocycles. The zero-order valence-corrected chi connectivity index (χ0v) is 11.6. The van der Waals surface area contributed by atoms with E-state index >= 15 is 0 Å². The first-order chi connectivity index (χ1) is 8.85. The van der Waals surface area contributed by atoms with Crippen LogP contribution in [0.4, 0.5) is 0 Å². The van der Waals surface area contributed by atoms with Gasteiger partial charge in [0, 0.05) is 11.5 Å². The Bertz CT molecular complexity index is 521. The van der Waals surface area contributed by atoms with Gasteiger partial charge in [-0.25, -0.2) is 0 Å². The van der Waals surface area contributed by atoms with E-state index in [0.29, 0.717) is 17.6 Å². The van der Waals surface area contributed by atoms with Gasteiger partial charge >= 0.3 is 0 Å². The standard InChI is InChI=1S/C14H21NO4/c1-4-6-7-14(3,5-2)13(18)10-8-11(16)12(17)9-15(10)19/h8-9,17,19H,4-7H2,1-3H3. The molecule has 0 bridgehead atoms. The number of aromatic hydroxyl groups is 1.